The molecule has 1 aromatic rings. The number of aliphatic imine (C=N–C) groups is 1. The molecule has 0 aromatic heterocycles. The first-order valence-electron chi connectivity index (χ1n) is 5.16. The summed E-state index contributed by atoms with van der Waals surface area (Å²) in [6, 6.07) is 7.70. The van der Waals surface area contributed by atoms with Crippen molar-refractivity contribution in [2.45, 2.75) is 18.4 Å². The highest BCUT2D eigenvalue weighted by molar-refractivity contribution is 5.85. The zero-order valence-corrected chi connectivity index (χ0v) is 10.4. The van der Waals surface area contributed by atoms with Crippen LogP contribution in [0, 0.1) is 0 Å². The van der Waals surface area contributed by atoms with Gasteiger partial charge in [0.15, 0.2) is 0 Å². The third-order valence-electron chi connectivity index (χ3n) is 2.81. The molecule has 4 nitrogen and oxygen atoms in total. The number of hydrogen-bond donors (Lipinski definition) is 1. The first-order chi connectivity index (χ1) is 7.65. The SMILES string of the molecule is COC(=O)CCC1(N)C=Nc2ccccc21.Cl. The van der Waals surface area contributed by atoms with Crippen LogP contribution >= 0.6 is 12.4 Å². The van der Waals surface area contributed by atoms with Crippen LogP contribution < -0.4 is 5.73 Å². The van der Waals surface area contributed by atoms with Gasteiger partial charge in [0, 0.05) is 18.2 Å². The number of nitrogens with two attached hydrogens (primary N) is 1. The molecule has 1 atom stereocenters. The standard InChI is InChI=1S/C12H14N2O2.ClH/c1-16-11(15)6-7-12(13)8-14-10-5-3-2-4-9(10)12;/h2-5,8H,6-7,13H2,1H3;1H. The number of benzene rings is 1. The molecule has 0 amide bonds. The zero-order valence-electron chi connectivity index (χ0n) is 9.55. The van der Waals surface area contributed by atoms with Gasteiger partial charge in [-0.05, 0) is 12.5 Å². The summed E-state index contributed by atoms with van der Waals surface area (Å²) >= 11 is 0. The first kappa shape index (κ1) is 13.7. The smallest absolute Gasteiger partial charge is 0.305 e. The Hall–Kier alpha value is -1.39. The number of carbonyl (C=O) groups is 1. The molecule has 1 heterocycles. The number of fused-ring (bicyclic) bond motifs is 1. The van der Waals surface area contributed by atoms with Crippen molar-refractivity contribution in [1.82, 2.24) is 0 Å². The van der Waals surface area contributed by atoms with E-state index in [-0.39, 0.29) is 18.4 Å². The molecule has 0 spiro atoms. The fourth-order valence-electron chi connectivity index (χ4n) is 1.84. The maximum atomic E-state index is 11.1. The zero-order chi connectivity index (χ0) is 11.6. The van der Waals surface area contributed by atoms with Crippen molar-refractivity contribution in [2.75, 3.05) is 7.11 Å². The lowest BCUT2D eigenvalue weighted by Crippen LogP contribution is -2.37. The topological polar surface area (TPSA) is 64.7 Å². The van der Waals surface area contributed by atoms with Crippen LogP contribution in [0.2, 0.25) is 0 Å². The molecule has 2 N–H and O–H groups in total. The van der Waals surface area contributed by atoms with Crippen LogP contribution in [0.15, 0.2) is 29.3 Å². The maximum Gasteiger partial charge on any atom is 0.305 e. The van der Waals surface area contributed by atoms with Crippen molar-refractivity contribution in [1.29, 1.82) is 0 Å². The number of carbonyl (C=O) groups excluding carboxylic acids is 1. The number of rotatable bonds is 3. The van der Waals surface area contributed by atoms with E-state index in [1.165, 1.54) is 7.11 Å². The predicted octanol–water partition coefficient (Wildman–Crippen LogP) is 1.93. The van der Waals surface area contributed by atoms with Gasteiger partial charge in [-0.25, -0.2) is 0 Å². The molecular formula is C12H15ClN2O2. The van der Waals surface area contributed by atoms with Gasteiger partial charge in [0.05, 0.1) is 18.3 Å². The average molecular weight is 255 g/mol. The Labute approximate surface area is 106 Å². The Bertz CT molecular complexity index is 448. The molecule has 0 fully saturated rings. The van der Waals surface area contributed by atoms with Gasteiger partial charge in [0.25, 0.3) is 0 Å². The molecule has 0 saturated carbocycles. The number of para-hydroxylation sites is 1. The Morgan fingerprint density at radius 2 is 2.18 bits per heavy atom. The predicted molar refractivity (Wildman–Crippen MR) is 69.0 cm³/mol. The van der Waals surface area contributed by atoms with Crippen molar-refractivity contribution in [3.8, 4) is 0 Å². The van der Waals surface area contributed by atoms with Gasteiger partial charge in [0.2, 0.25) is 0 Å². The van der Waals surface area contributed by atoms with Crippen molar-refractivity contribution in [2.24, 2.45) is 10.7 Å². The number of ether oxygens (including phenoxy) is 1. The Balaban J connectivity index is 0.00000144. The summed E-state index contributed by atoms with van der Waals surface area (Å²) in [6.45, 7) is 0. The highest BCUT2D eigenvalue weighted by atomic mass is 35.5. The molecule has 92 valence electrons. The van der Waals surface area contributed by atoms with E-state index >= 15 is 0 Å². The van der Waals surface area contributed by atoms with Gasteiger partial charge in [-0.15, -0.1) is 12.4 Å². The summed E-state index contributed by atoms with van der Waals surface area (Å²) in [5.41, 5.74) is 7.44. The van der Waals surface area contributed by atoms with Gasteiger partial charge in [0.1, 0.15) is 0 Å². The van der Waals surface area contributed by atoms with E-state index in [2.05, 4.69) is 9.73 Å². The van der Waals surface area contributed by atoms with Crippen LogP contribution in [-0.4, -0.2) is 19.3 Å². The van der Waals surface area contributed by atoms with Crippen LogP contribution in [0.1, 0.15) is 18.4 Å². The quantitative estimate of drug-likeness (QED) is 0.839. The third kappa shape index (κ3) is 2.65. The molecule has 0 radical (unpaired) electrons. The van der Waals surface area contributed by atoms with E-state index in [9.17, 15) is 4.79 Å². The summed E-state index contributed by atoms with van der Waals surface area (Å²) in [7, 11) is 1.38. The third-order valence-corrected chi connectivity index (χ3v) is 2.81. The molecular weight excluding hydrogens is 240 g/mol. The largest absolute Gasteiger partial charge is 0.469 e. The van der Waals surface area contributed by atoms with E-state index in [1.54, 1.807) is 6.21 Å². The maximum absolute atomic E-state index is 11.1. The minimum absolute atomic E-state index is 0. The molecule has 17 heavy (non-hydrogen) atoms. The lowest BCUT2D eigenvalue weighted by atomic mass is 9.88. The van der Waals surface area contributed by atoms with E-state index in [1.807, 2.05) is 24.3 Å². The molecule has 0 aliphatic carbocycles. The second-order valence-electron chi connectivity index (χ2n) is 3.89. The number of esters is 1. The molecule has 1 aromatic carbocycles. The van der Waals surface area contributed by atoms with Crippen molar-refractivity contribution < 1.29 is 9.53 Å². The van der Waals surface area contributed by atoms with Gasteiger partial charge in [-0.1, -0.05) is 18.2 Å². The average Bonchev–Trinajstić information content (AvgIpc) is 2.66. The summed E-state index contributed by atoms with van der Waals surface area (Å²) < 4.78 is 4.60. The second-order valence-corrected chi connectivity index (χ2v) is 3.89. The van der Waals surface area contributed by atoms with Gasteiger partial charge in [-0.3, -0.25) is 9.79 Å². The highest BCUT2D eigenvalue weighted by Crippen LogP contribution is 2.35. The van der Waals surface area contributed by atoms with Crippen LogP contribution in [-0.2, 0) is 15.1 Å². The Morgan fingerprint density at radius 1 is 1.47 bits per heavy atom. The normalized spacial score (nSPS) is 20.6. The van der Waals surface area contributed by atoms with Crippen molar-refractivity contribution in [3.63, 3.8) is 0 Å². The van der Waals surface area contributed by atoms with Crippen molar-refractivity contribution >= 4 is 30.3 Å². The lowest BCUT2D eigenvalue weighted by molar-refractivity contribution is -0.140. The van der Waals surface area contributed by atoms with E-state index in [0.717, 1.165) is 11.3 Å². The fraction of sp³-hybridized carbons (Fsp3) is 0.333. The number of methoxy groups -OCH3 is 1. The van der Waals surface area contributed by atoms with Gasteiger partial charge in [-0.2, -0.15) is 0 Å². The Kier molecular flexibility index (Phi) is 4.26. The summed E-state index contributed by atoms with van der Waals surface area (Å²) in [5, 5.41) is 0. The van der Waals surface area contributed by atoms with E-state index < -0.39 is 5.54 Å². The number of nitrogens with zero attached hydrogens (tertiary/aromatic N) is 1. The lowest BCUT2D eigenvalue weighted by Gasteiger charge is -2.21. The molecule has 0 saturated heterocycles. The van der Waals surface area contributed by atoms with Gasteiger partial charge < -0.3 is 10.5 Å². The van der Waals surface area contributed by atoms with E-state index in [4.69, 9.17) is 5.73 Å². The Morgan fingerprint density at radius 3 is 2.88 bits per heavy atom. The van der Waals surface area contributed by atoms with Crippen LogP contribution in [0.3, 0.4) is 0 Å². The van der Waals surface area contributed by atoms with Crippen LogP contribution in [0.25, 0.3) is 0 Å². The summed E-state index contributed by atoms with van der Waals surface area (Å²) in [4.78, 5) is 15.4. The molecule has 1 aliphatic rings. The molecule has 1 unspecified atom stereocenters. The fourth-order valence-corrected chi connectivity index (χ4v) is 1.84. The first-order valence-corrected chi connectivity index (χ1v) is 5.16. The number of halogens is 1. The minimum Gasteiger partial charge on any atom is -0.469 e. The van der Waals surface area contributed by atoms with Crippen molar-refractivity contribution in [3.05, 3.63) is 29.8 Å². The molecule has 0 bridgehead atoms. The molecule has 5 heteroatoms. The summed E-state index contributed by atoms with van der Waals surface area (Å²) in [5.74, 6) is -0.248. The minimum atomic E-state index is -0.634. The molecule has 1 aliphatic heterocycles. The summed E-state index contributed by atoms with van der Waals surface area (Å²) in [6.07, 6.45) is 2.52. The number of hydrogen-bond acceptors (Lipinski definition) is 4. The van der Waals surface area contributed by atoms with Gasteiger partial charge >= 0.3 is 5.97 Å². The second kappa shape index (κ2) is 5.29. The highest BCUT2D eigenvalue weighted by Gasteiger charge is 2.32. The molecule has 2 rings (SSSR count). The monoisotopic (exact) mass is 254 g/mol. The van der Waals surface area contributed by atoms with Crippen LogP contribution in [0.4, 0.5) is 5.69 Å². The van der Waals surface area contributed by atoms with E-state index in [0.29, 0.717) is 12.8 Å². The van der Waals surface area contributed by atoms with Crippen LogP contribution in [0.5, 0.6) is 0 Å².